The minimum absolute atomic E-state index is 0.00349. The molecule has 1 aromatic carbocycles. The first-order valence-electron chi connectivity index (χ1n) is 8.06. The molecular formula is C18H16O4. The van der Waals surface area contributed by atoms with Crippen molar-refractivity contribution in [2.45, 2.75) is 19.1 Å². The van der Waals surface area contributed by atoms with Crippen LogP contribution in [0.5, 0.6) is 0 Å². The summed E-state index contributed by atoms with van der Waals surface area (Å²) in [7, 11) is 0. The molecule has 22 heavy (non-hydrogen) atoms. The third-order valence-electron chi connectivity index (χ3n) is 7.43. The van der Waals surface area contributed by atoms with Gasteiger partial charge in [0.25, 0.3) is 0 Å². The maximum atomic E-state index is 12.6. The van der Waals surface area contributed by atoms with E-state index in [-0.39, 0.29) is 23.0 Å². The Hall–Kier alpha value is -1.84. The van der Waals surface area contributed by atoms with Gasteiger partial charge < -0.3 is 9.47 Å². The highest BCUT2D eigenvalue weighted by molar-refractivity contribution is 5.89. The van der Waals surface area contributed by atoms with Crippen molar-refractivity contribution < 1.29 is 19.1 Å². The van der Waals surface area contributed by atoms with Crippen molar-refractivity contribution in [2.75, 3.05) is 0 Å². The highest BCUT2D eigenvalue weighted by atomic mass is 16.6. The molecule has 6 aliphatic carbocycles. The molecule has 0 atom stereocenters. The highest BCUT2D eigenvalue weighted by Gasteiger charge is 3.13. The van der Waals surface area contributed by atoms with Crippen LogP contribution in [0.4, 0.5) is 0 Å². The SMILES string of the molecule is CC(=O)OC12C3C4C1C1C2C3C41C(=O)OCc1ccccc1. The van der Waals surface area contributed by atoms with Gasteiger partial charge in [0.1, 0.15) is 12.2 Å². The van der Waals surface area contributed by atoms with Crippen LogP contribution in [0.3, 0.4) is 0 Å². The Morgan fingerprint density at radius 1 is 1.00 bits per heavy atom. The van der Waals surface area contributed by atoms with Gasteiger partial charge in [-0.1, -0.05) is 30.3 Å². The molecule has 0 heterocycles. The van der Waals surface area contributed by atoms with Gasteiger partial charge in [-0.05, 0) is 23.3 Å². The van der Waals surface area contributed by atoms with Crippen molar-refractivity contribution in [3.63, 3.8) is 0 Å². The molecule has 0 amide bonds. The monoisotopic (exact) mass is 296 g/mol. The summed E-state index contributed by atoms with van der Waals surface area (Å²) >= 11 is 0. The number of esters is 2. The van der Waals surface area contributed by atoms with Gasteiger partial charge in [0.15, 0.2) is 0 Å². The minimum atomic E-state index is -0.184. The minimum Gasteiger partial charge on any atom is -0.460 e. The molecule has 112 valence electrons. The number of carbonyl (C=O) groups is 2. The van der Waals surface area contributed by atoms with Gasteiger partial charge in [-0.15, -0.1) is 0 Å². The normalized spacial score (nSPS) is 52.8. The predicted molar refractivity (Wildman–Crippen MR) is 74.1 cm³/mol. The lowest BCUT2D eigenvalue weighted by Gasteiger charge is -3.08. The molecule has 7 rings (SSSR count). The predicted octanol–water partition coefficient (Wildman–Crippen LogP) is 1.78. The molecule has 0 unspecified atom stereocenters. The van der Waals surface area contributed by atoms with Crippen LogP contribution in [-0.2, 0) is 25.7 Å². The molecule has 0 saturated heterocycles. The van der Waals surface area contributed by atoms with E-state index in [9.17, 15) is 9.59 Å². The van der Waals surface area contributed by atoms with Gasteiger partial charge in [0.2, 0.25) is 0 Å². The zero-order chi connectivity index (χ0) is 14.9. The Bertz CT molecular complexity index is 683. The molecule has 6 fully saturated rings. The lowest BCUT2D eigenvalue weighted by atomic mass is 8.95. The van der Waals surface area contributed by atoms with Crippen LogP contribution >= 0.6 is 0 Å². The second-order valence-corrected chi connectivity index (χ2v) is 7.60. The van der Waals surface area contributed by atoms with Gasteiger partial charge >= 0.3 is 11.9 Å². The molecule has 6 saturated carbocycles. The van der Waals surface area contributed by atoms with Crippen LogP contribution in [0.15, 0.2) is 30.3 Å². The number of hydrogen-bond acceptors (Lipinski definition) is 4. The molecule has 0 aromatic heterocycles. The molecule has 0 radical (unpaired) electrons. The van der Waals surface area contributed by atoms with E-state index in [1.165, 1.54) is 6.92 Å². The van der Waals surface area contributed by atoms with Crippen LogP contribution in [0, 0.1) is 40.9 Å². The number of benzene rings is 1. The van der Waals surface area contributed by atoms with Gasteiger partial charge in [0, 0.05) is 24.7 Å². The van der Waals surface area contributed by atoms with Crippen LogP contribution < -0.4 is 0 Å². The summed E-state index contributed by atoms with van der Waals surface area (Å²) < 4.78 is 11.2. The van der Waals surface area contributed by atoms with E-state index in [1.807, 2.05) is 30.3 Å². The van der Waals surface area contributed by atoms with Gasteiger partial charge in [-0.3, -0.25) is 9.59 Å². The van der Waals surface area contributed by atoms with Crippen molar-refractivity contribution in [3.05, 3.63) is 35.9 Å². The quantitative estimate of drug-likeness (QED) is 0.795. The zero-order valence-electron chi connectivity index (χ0n) is 12.2. The Labute approximate surface area is 127 Å². The van der Waals surface area contributed by atoms with Crippen molar-refractivity contribution in [3.8, 4) is 0 Å². The summed E-state index contributed by atoms with van der Waals surface area (Å²) in [6.45, 7) is 1.86. The fraction of sp³-hybridized carbons (Fsp3) is 0.556. The van der Waals surface area contributed by atoms with Crippen LogP contribution in [-0.4, -0.2) is 17.5 Å². The average Bonchev–Trinajstić information content (AvgIpc) is 2.53. The van der Waals surface area contributed by atoms with Crippen molar-refractivity contribution in [1.82, 2.24) is 0 Å². The van der Waals surface area contributed by atoms with E-state index in [4.69, 9.17) is 9.47 Å². The fourth-order valence-corrected chi connectivity index (χ4v) is 7.14. The summed E-state index contributed by atoms with van der Waals surface area (Å²) in [5, 5.41) is 0. The number of ether oxygens (including phenoxy) is 2. The topological polar surface area (TPSA) is 52.6 Å². The number of carbonyl (C=O) groups excluding carboxylic acids is 2. The van der Waals surface area contributed by atoms with Crippen LogP contribution in [0.2, 0.25) is 0 Å². The first-order valence-corrected chi connectivity index (χ1v) is 8.06. The van der Waals surface area contributed by atoms with E-state index in [0.29, 0.717) is 42.1 Å². The molecule has 0 bridgehead atoms. The average molecular weight is 296 g/mol. The molecule has 4 heteroatoms. The van der Waals surface area contributed by atoms with E-state index >= 15 is 0 Å². The number of hydrogen-bond donors (Lipinski definition) is 0. The Morgan fingerprint density at radius 2 is 1.59 bits per heavy atom. The van der Waals surface area contributed by atoms with Gasteiger partial charge in [-0.25, -0.2) is 0 Å². The van der Waals surface area contributed by atoms with Gasteiger partial charge in [-0.2, -0.15) is 0 Å². The standard InChI is InChI=1S/C18H16O4/c1-8(19)22-18-13-10-14(18)12-15(18)11(13)17(10,12)16(20)21-7-9-5-3-2-4-6-9/h2-6,10-15H,7H2,1H3. The molecule has 0 aliphatic heterocycles. The first kappa shape index (κ1) is 11.7. The molecule has 0 spiro atoms. The molecule has 1 aromatic rings. The molecule has 4 nitrogen and oxygen atoms in total. The Morgan fingerprint density at radius 3 is 2.14 bits per heavy atom. The van der Waals surface area contributed by atoms with Crippen molar-refractivity contribution in [2.24, 2.45) is 40.9 Å². The third-order valence-corrected chi connectivity index (χ3v) is 7.43. The molecule has 0 N–H and O–H groups in total. The van der Waals surface area contributed by atoms with Crippen molar-refractivity contribution >= 4 is 11.9 Å². The van der Waals surface area contributed by atoms with E-state index in [0.717, 1.165) is 5.56 Å². The third kappa shape index (κ3) is 0.792. The summed E-state index contributed by atoms with van der Waals surface area (Å²) in [6.07, 6.45) is 0. The Kier molecular flexibility index (Phi) is 1.65. The second-order valence-electron chi connectivity index (χ2n) is 7.60. The summed E-state index contributed by atoms with van der Waals surface area (Å²) in [5.74, 6) is 2.52. The molecular weight excluding hydrogens is 280 g/mol. The number of rotatable bonds is 4. The summed E-state index contributed by atoms with van der Waals surface area (Å²) in [4.78, 5) is 23.9. The molecule has 6 aliphatic rings. The zero-order valence-corrected chi connectivity index (χ0v) is 12.2. The summed E-state index contributed by atoms with van der Waals surface area (Å²) in [6, 6.07) is 9.82. The van der Waals surface area contributed by atoms with E-state index in [1.54, 1.807) is 0 Å². The Balaban J connectivity index is 1.18. The maximum absolute atomic E-state index is 12.6. The highest BCUT2D eigenvalue weighted by Crippen LogP contribution is 3.07. The van der Waals surface area contributed by atoms with E-state index in [2.05, 4.69) is 0 Å². The summed E-state index contributed by atoms with van der Waals surface area (Å²) in [5.41, 5.74) is 0.702. The second kappa shape index (κ2) is 3.10. The fourth-order valence-electron chi connectivity index (χ4n) is 7.14. The largest absolute Gasteiger partial charge is 0.460 e. The first-order chi connectivity index (χ1) is 10.6. The smallest absolute Gasteiger partial charge is 0.313 e. The lowest BCUT2D eigenvalue weighted by molar-refractivity contribution is -0.645. The maximum Gasteiger partial charge on any atom is 0.313 e. The van der Waals surface area contributed by atoms with Crippen LogP contribution in [0.1, 0.15) is 12.5 Å². The van der Waals surface area contributed by atoms with Gasteiger partial charge in [0.05, 0.1) is 5.41 Å². The van der Waals surface area contributed by atoms with Crippen molar-refractivity contribution in [1.29, 1.82) is 0 Å². The van der Waals surface area contributed by atoms with Crippen LogP contribution in [0.25, 0.3) is 0 Å². The lowest BCUT2D eigenvalue weighted by Crippen LogP contribution is -3.14. The van der Waals surface area contributed by atoms with E-state index < -0.39 is 0 Å².